The van der Waals surface area contributed by atoms with Gasteiger partial charge in [-0.2, -0.15) is 0 Å². The van der Waals surface area contributed by atoms with Crippen LogP contribution < -0.4 is 10.2 Å². The molecule has 0 bridgehead atoms. The third-order valence-electron chi connectivity index (χ3n) is 3.88. The third kappa shape index (κ3) is 1.60. The zero-order chi connectivity index (χ0) is 13.7. The second-order valence-electron chi connectivity index (χ2n) is 5.30. The molecule has 3 aromatic rings. The average Bonchev–Trinajstić information content (AvgIpc) is 2.45. The van der Waals surface area contributed by atoms with Crippen molar-refractivity contribution in [2.75, 3.05) is 0 Å². The number of aromatic hydroxyl groups is 1. The fraction of sp³-hybridized carbons (Fsp3) is 0.0588. The van der Waals surface area contributed by atoms with E-state index in [9.17, 15) is 5.11 Å². The highest BCUT2D eigenvalue weighted by Crippen LogP contribution is 2.42. The zero-order valence-electron chi connectivity index (χ0n) is 11.2. The number of phenols is 1. The summed E-state index contributed by atoms with van der Waals surface area (Å²) in [6.45, 7) is 0.601. The number of rotatable bonds is 0. The predicted molar refractivity (Wildman–Crippen MR) is 83.6 cm³/mol. The molecule has 0 amide bonds. The summed E-state index contributed by atoms with van der Waals surface area (Å²) in [4.78, 5) is 0. The predicted octanol–water partition coefficient (Wildman–Crippen LogP) is 2.36. The Labute approximate surface area is 118 Å². The zero-order valence-corrected chi connectivity index (χ0v) is 11.2. The third-order valence-corrected chi connectivity index (χ3v) is 3.88. The van der Waals surface area contributed by atoms with Gasteiger partial charge in [0.05, 0.1) is 0 Å². The van der Waals surface area contributed by atoms with Crippen molar-refractivity contribution >= 4 is 24.1 Å². The molecule has 1 aliphatic heterocycles. The molecule has 0 unspecified atom stereocenters. The summed E-state index contributed by atoms with van der Waals surface area (Å²) < 4.78 is 5.98. The van der Waals surface area contributed by atoms with Gasteiger partial charge in [0.15, 0.2) is 0 Å². The van der Waals surface area contributed by atoms with E-state index in [0.29, 0.717) is 6.61 Å². The van der Waals surface area contributed by atoms with E-state index < -0.39 is 0 Å². The Balaban J connectivity index is 2.03. The fourth-order valence-electron chi connectivity index (χ4n) is 2.91. The Morgan fingerprint density at radius 1 is 0.950 bits per heavy atom. The molecule has 0 atom stereocenters. The van der Waals surface area contributed by atoms with Crippen LogP contribution in [0.5, 0.6) is 11.5 Å². The van der Waals surface area contributed by atoms with Crippen molar-refractivity contribution in [2.45, 2.75) is 6.61 Å². The normalized spacial score (nSPS) is 12.6. The topological polar surface area (TPSA) is 29.5 Å². The highest BCUT2D eigenvalue weighted by atomic mass is 16.5. The minimum atomic E-state index is 0.282. The van der Waals surface area contributed by atoms with Crippen LogP contribution in [0.25, 0.3) is 21.9 Å². The molecule has 2 nitrogen and oxygen atoms in total. The monoisotopic (exact) mass is 260 g/mol. The Hall–Kier alpha value is -2.42. The quantitative estimate of drug-likeness (QED) is 0.629. The van der Waals surface area contributed by atoms with Crippen LogP contribution in [0.4, 0.5) is 0 Å². The van der Waals surface area contributed by atoms with E-state index in [1.165, 1.54) is 16.6 Å². The van der Waals surface area contributed by atoms with Gasteiger partial charge in [0.1, 0.15) is 26.0 Å². The molecule has 0 spiro atoms. The van der Waals surface area contributed by atoms with Gasteiger partial charge in [0, 0.05) is 10.9 Å². The molecular weight excluding hydrogens is 247 g/mol. The van der Waals surface area contributed by atoms with E-state index in [0.717, 1.165) is 22.1 Å². The van der Waals surface area contributed by atoms with Crippen molar-refractivity contribution in [1.29, 1.82) is 0 Å². The van der Waals surface area contributed by atoms with Crippen molar-refractivity contribution in [2.24, 2.45) is 0 Å². The van der Waals surface area contributed by atoms with Crippen LogP contribution in [-0.4, -0.2) is 13.0 Å². The van der Waals surface area contributed by atoms with Gasteiger partial charge in [0.2, 0.25) is 0 Å². The Morgan fingerprint density at radius 2 is 1.80 bits per heavy atom. The van der Waals surface area contributed by atoms with Crippen LogP contribution in [0.2, 0.25) is 0 Å². The first kappa shape index (κ1) is 11.4. The maximum atomic E-state index is 9.58. The van der Waals surface area contributed by atoms with Crippen LogP contribution in [0.3, 0.4) is 0 Å². The lowest BCUT2D eigenvalue weighted by molar-refractivity contribution is 0.306. The first-order valence-corrected chi connectivity index (χ1v) is 6.71. The molecule has 0 radical (unpaired) electrons. The smallest absolute Gasteiger partial charge is 0.139 e. The van der Waals surface area contributed by atoms with Crippen LogP contribution in [0.15, 0.2) is 48.5 Å². The summed E-state index contributed by atoms with van der Waals surface area (Å²) in [6, 6.07) is 16.0. The van der Waals surface area contributed by atoms with E-state index >= 15 is 0 Å². The molecule has 20 heavy (non-hydrogen) atoms. The first-order valence-electron chi connectivity index (χ1n) is 6.71. The number of hydrogen-bond donors (Lipinski definition) is 1. The molecule has 0 saturated heterocycles. The van der Waals surface area contributed by atoms with Crippen LogP contribution in [0, 0.1) is 0 Å². The average molecular weight is 260 g/mol. The van der Waals surface area contributed by atoms with Gasteiger partial charge in [-0.1, -0.05) is 29.7 Å². The maximum Gasteiger partial charge on any atom is 0.139 e. The molecule has 0 aliphatic carbocycles. The Morgan fingerprint density at radius 3 is 2.70 bits per heavy atom. The Kier molecular flexibility index (Phi) is 2.30. The summed E-state index contributed by atoms with van der Waals surface area (Å²) in [5, 5.41) is 11.6. The number of hydrogen-bond acceptors (Lipinski definition) is 2. The highest BCUT2D eigenvalue weighted by molar-refractivity contribution is 6.32. The van der Waals surface area contributed by atoms with Crippen molar-refractivity contribution < 1.29 is 9.84 Å². The molecule has 1 N–H and O–H groups in total. The summed E-state index contributed by atoms with van der Waals surface area (Å²) in [6.07, 6.45) is 0. The fourth-order valence-corrected chi connectivity index (χ4v) is 2.91. The van der Waals surface area contributed by atoms with Crippen LogP contribution in [-0.2, 0) is 6.61 Å². The van der Waals surface area contributed by atoms with E-state index in [2.05, 4.69) is 32.1 Å². The molecule has 3 heteroatoms. The van der Waals surface area contributed by atoms with Gasteiger partial charge < -0.3 is 9.84 Å². The molecule has 0 aromatic heterocycles. The maximum absolute atomic E-state index is 9.58. The summed E-state index contributed by atoms with van der Waals surface area (Å²) in [5.41, 5.74) is 4.86. The second kappa shape index (κ2) is 4.04. The molecular formula is C17H13BO2. The minimum absolute atomic E-state index is 0.282. The van der Waals surface area contributed by atoms with Crippen LogP contribution >= 0.6 is 0 Å². The van der Waals surface area contributed by atoms with E-state index in [1.807, 2.05) is 12.1 Å². The molecule has 4 rings (SSSR count). The summed E-state index contributed by atoms with van der Waals surface area (Å²) in [7, 11) is 2.10. The lowest BCUT2D eigenvalue weighted by atomic mass is 9.88. The van der Waals surface area contributed by atoms with E-state index in [1.54, 1.807) is 12.1 Å². The summed E-state index contributed by atoms with van der Waals surface area (Å²) >= 11 is 0. The van der Waals surface area contributed by atoms with Gasteiger partial charge in [-0.15, -0.1) is 0 Å². The van der Waals surface area contributed by atoms with Gasteiger partial charge in [-0.05, 0) is 40.8 Å². The Bertz CT molecular complexity index is 840. The van der Waals surface area contributed by atoms with Crippen LogP contribution in [0.1, 0.15) is 5.56 Å². The number of ether oxygens (including phenoxy) is 1. The molecule has 96 valence electrons. The largest absolute Gasteiger partial charge is 0.508 e. The minimum Gasteiger partial charge on any atom is -0.508 e. The standard InChI is InChI=1S/C17H13BO2/c18-12-2-5-14-11(7-12)9-20-17-15-6-3-13(19)8-10(15)1-4-16(14)17/h1-8,19H,9,18H2. The van der Waals surface area contributed by atoms with Gasteiger partial charge >= 0.3 is 0 Å². The SMILES string of the molecule is Bc1ccc2c(c1)COc1c-2ccc2cc(O)ccc12. The van der Waals surface area contributed by atoms with Gasteiger partial charge in [0.25, 0.3) is 0 Å². The number of phenolic OH excluding ortho intramolecular Hbond substituents is 1. The van der Waals surface area contributed by atoms with Crippen molar-refractivity contribution in [3.8, 4) is 22.6 Å². The van der Waals surface area contributed by atoms with Crippen molar-refractivity contribution in [1.82, 2.24) is 0 Å². The van der Waals surface area contributed by atoms with Gasteiger partial charge in [-0.3, -0.25) is 0 Å². The number of fused-ring (bicyclic) bond motifs is 5. The molecule has 0 saturated carbocycles. The molecule has 1 aliphatic rings. The van der Waals surface area contributed by atoms with Gasteiger partial charge in [-0.25, -0.2) is 0 Å². The molecule has 3 aromatic carbocycles. The lowest BCUT2D eigenvalue weighted by Gasteiger charge is -2.22. The second-order valence-corrected chi connectivity index (χ2v) is 5.30. The number of benzene rings is 3. The first-order chi connectivity index (χ1) is 9.72. The van der Waals surface area contributed by atoms with E-state index in [4.69, 9.17) is 4.74 Å². The van der Waals surface area contributed by atoms with Crippen molar-refractivity contribution in [3.63, 3.8) is 0 Å². The van der Waals surface area contributed by atoms with E-state index in [-0.39, 0.29) is 5.75 Å². The lowest BCUT2D eigenvalue weighted by Crippen LogP contribution is -2.11. The molecule has 0 fully saturated rings. The van der Waals surface area contributed by atoms with Crippen molar-refractivity contribution in [3.05, 3.63) is 54.1 Å². The molecule has 1 heterocycles. The summed E-state index contributed by atoms with van der Waals surface area (Å²) in [5.74, 6) is 1.20. The highest BCUT2D eigenvalue weighted by Gasteiger charge is 2.19.